The number of likely N-dealkylation sites (tertiary alicyclic amines) is 1. The molecule has 2 rings (SSSR count). The lowest BCUT2D eigenvalue weighted by Gasteiger charge is -2.32. The third-order valence-electron chi connectivity index (χ3n) is 5.34. The summed E-state index contributed by atoms with van der Waals surface area (Å²) in [5.41, 5.74) is 1.23. The number of halogens is 1. The third-order valence-corrected chi connectivity index (χ3v) is 5.34. The average Bonchev–Trinajstić information content (AvgIpc) is 2.74. The summed E-state index contributed by atoms with van der Waals surface area (Å²) in [4.78, 5) is 6.95. The summed E-state index contributed by atoms with van der Waals surface area (Å²) in [6, 6.07) is 6.19. The molecule has 1 heterocycles. The van der Waals surface area contributed by atoms with Crippen molar-refractivity contribution in [1.29, 1.82) is 0 Å². The Morgan fingerprint density at radius 1 is 1.07 bits per heavy atom. The Labute approximate surface area is 200 Å². The minimum Gasteiger partial charge on any atom is -0.490 e. The van der Waals surface area contributed by atoms with Crippen molar-refractivity contribution in [2.75, 3.05) is 53.0 Å². The standard InChI is InChI=1S/C23H40N4O2.HI/c1-5-14-27-15-11-20(12-16-27)18-26-23(24-4)25-13-10-19-8-9-21(28-6-2)22(17-19)29-7-3;/h8-9,17,20H,5-7,10-16,18H2,1-4H3,(H2,24,25,26);1H. The number of nitrogens with zero attached hydrogens (tertiary/aromatic N) is 2. The molecule has 0 bridgehead atoms. The molecule has 0 amide bonds. The zero-order chi connectivity index (χ0) is 20.9. The fourth-order valence-electron chi connectivity index (χ4n) is 3.77. The molecule has 7 heteroatoms. The molecule has 172 valence electrons. The van der Waals surface area contributed by atoms with Gasteiger partial charge in [-0.2, -0.15) is 0 Å². The Morgan fingerprint density at radius 2 is 1.77 bits per heavy atom. The van der Waals surface area contributed by atoms with Crippen LogP contribution in [0.25, 0.3) is 0 Å². The quantitative estimate of drug-likeness (QED) is 0.257. The highest BCUT2D eigenvalue weighted by Gasteiger charge is 2.18. The van der Waals surface area contributed by atoms with Crippen LogP contribution in [0.3, 0.4) is 0 Å². The van der Waals surface area contributed by atoms with Crippen molar-refractivity contribution in [3.8, 4) is 11.5 Å². The second-order valence-corrected chi connectivity index (χ2v) is 7.56. The van der Waals surface area contributed by atoms with Crippen LogP contribution >= 0.6 is 24.0 Å². The van der Waals surface area contributed by atoms with Crippen LogP contribution < -0.4 is 20.1 Å². The van der Waals surface area contributed by atoms with Gasteiger partial charge in [0.15, 0.2) is 17.5 Å². The zero-order valence-corrected chi connectivity index (χ0v) is 21.5. The molecule has 1 fully saturated rings. The first-order valence-corrected chi connectivity index (χ1v) is 11.2. The maximum absolute atomic E-state index is 5.72. The van der Waals surface area contributed by atoms with Crippen LogP contribution in [0.5, 0.6) is 11.5 Å². The van der Waals surface area contributed by atoms with Gasteiger partial charge >= 0.3 is 0 Å². The average molecular weight is 533 g/mol. The van der Waals surface area contributed by atoms with Crippen molar-refractivity contribution in [3.63, 3.8) is 0 Å². The molecule has 1 aromatic carbocycles. The van der Waals surface area contributed by atoms with Gasteiger partial charge in [0.25, 0.3) is 0 Å². The van der Waals surface area contributed by atoms with Gasteiger partial charge in [-0.25, -0.2) is 0 Å². The molecule has 1 aromatic rings. The Balaban J connectivity index is 0.00000450. The molecule has 2 N–H and O–H groups in total. The van der Waals surface area contributed by atoms with E-state index < -0.39 is 0 Å². The third kappa shape index (κ3) is 9.29. The molecular formula is C23H41IN4O2. The predicted octanol–water partition coefficient (Wildman–Crippen LogP) is 3.93. The smallest absolute Gasteiger partial charge is 0.190 e. The van der Waals surface area contributed by atoms with Crippen LogP contribution in [0.15, 0.2) is 23.2 Å². The Bertz CT molecular complexity index is 619. The van der Waals surface area contributed by atoms with Crippen LogP contribution in [0.1, 0.15) is 45.6 Å². The van der Waals surface area contributed by atoms with Crippen LogP contribution in [0.2, 0.25) is 0 Å². The summed E-state index contributed by atoms with van der Waals surface area (Å²) < 4.78 is 11.4. The summed E-state index contributed by atoms with van der Waals surface area (Å²) in [5.74, 6) is 3.26. The van der Waals surface area contributed by atoms with Gasteiger partial charge in [0.05, 0.1) is 13.2 Å². The zero-order valence-electron chi connectivity index (χ0n) is 19.2. The fourth-order valence-corrected chi connectivity index (χ4v) is 3.77. The highest BCUT2D eigenvalue weighted by molar-refractivity contribution is 14.0. The lowest BCUT2D eigenvalue weighted by molar-refractivity contribution is 0.185. The van der Waals surface area contributed by atoms with E-state index in [1.165, 1.54) is 44.5 Å². The van der Waals surface area contributed by atoms with Crippen molar-refractivity contribution in [1.82, 2.24) is 15.5 Å². The van der Waals surface area contributed by atoms with E-state index >= 15 is 0 Å². The molecule has 0 saturated carbocycles. The van der Waals surface area contributed by atoms with E-state index in [1.807, 2.05) is 27.0 Å². The van der Waals surface area contributed by atoms with Gasteiger partial charge in [-0.1, -0.05) is 13.0 Å². The largest absolute Gasteiger partial charge is 0.490 e. The fraction of sp³-hybridized carbons (Fsp3) is 0.696. The van der Waals surface area contributed by atoms with Gasteiger partial charge in [0.1, 0.15) is 0 Å². The van der Waals surface area contributed by atoms with Crippen molar-refractivity contribution in [2.24, 2.45) is 10.9 Å². The summed E-state index contributed by atoms with van der Waals surface area (Å²) in [5, 5.41) is 6.94. The Kier molecular flexibility index (Phi) is 13.9. The van der Waals surface area contributed by atoms with E-state index in [2.05, 4.69) is 39.6 Å². The Hall–Kier alpha value is -1.22. The van der Waals surface area contributed by atoms with Gasteiger partial charge in [0.2, 0.25) is 0 Å². The molecule has 0 atom stereocenters. The lowest BCUT2D eigenvalue weighted by Crippen LogP contribution is -2.43. The van der Waals surface area contributed by atoms with Gasteiger partial charge in [0, 0.05) is 20.1 Å². The number of hydrogen-bond acceptors (Lipinski definition) is 4. The number of nitrogens with one attached hydrogen (secondary N) is 2. The van der Waals surface area contributed by atoms with Gasteiger partial charge in [-0.3, -0.25) is 4.99 Å². The number of rotatable bonds is 11. The summed E-state index contributed by atoms with van der Waals surface area (Å²) in [6.07, 6.45) is 4.70. The SMILES string of the molecule is CCCN1CCC(CNC(=NC)NCCc2ccc(OCC)c(OCC)c2)CC1.I. The van der Waals surface area contributed by atoms with E-state index in [0.29, 0.717) is 13.2 Å². The van der Waals surface area contributed by atoms with E-state index in [0.717, 1.165) is 42.9 Å². The molecule has 0 aliphatic carbocycles. The molecule has 1 saturated heterocycles. The normalized spacial score (nSPS) is 15.4. The second-order valence-electron chi connectivity index (χ2n) is 7.56. The number of aliphatic imine (C=N–C) groups is 1. The van der Waals surface area contributed by atoms with Crippen LogP contribution in [-0.2, 0) is 6.42 Å². The van der Waals surface area contributed by atoms with Crippen molar-refractivity contribution < 1.29 is 9.47 Å². The predicted molar refractivity (Wildman–Crippen MR) is 137 cm³/mol. The molecule has 0 aromatic heterocycles. The maximum atomic E-state index is 5.72. The van der Waals surface area contributed by atoms with Crippen LogP contribution in [0.4, 0.5) is 0 Å². The first-order valence-electron chi connectivity index (χ1n) is 11.2. The van der Waals surface area contributed by atoms with E-state index in [4.69, 9.17) is 9.47 Å². The summed E-state index contributed by atoms with van der Waals surface area (Å²) >= 11 is 0. The van der Waals surface area contributed by atoms with Gasteiger partial charge in [-0.05, 0) is 82.8 Å². The van der Waals surface area contributed by atoms with Crippen LogP contribution in [0, 0.1) is 5.92 Å². The summed E-state index contributed by atoms with van der Waals surface area (Å²) in [7, 11) is 1.84. The molecular weight excluding hydrogens is 491 g/mol. The minimum absolute atomic E-state index is 0. The topological polar surface area (TPSA) is 58.1 Å². The molecule has 0 radical (unpaired) electrons. The van der Waals surface area contributed by atoms with Crippen molar-refractivity contribution >= 4 is 29.9 Å². The highest BCUT2D eigenvalue weighted by Crippen LogP contribution is 2.28. The van der Waals surface area contributed by atoms with Crippen LogP contribution in [-0.4, -0.2) is 63.8 Å². The van der Waals surface area contributed by atoms with Crippen molar-refractivity contribution in [2.45, 2.75) is 46.5 Å². The Morgan fingerprint density at radius 3 is 2.40 bits per heavy atom. The molecule has 0 unspecified atom stereocenters. The van der Waals surface area contributed by atoms with E-state index in [9.17, 15) is 0 Å². The molecule has 1 aliphatic heterocycles. The summed E-state index contributed by atoms with van der Waals surface area (Å²) in [6.45, 7) is 13.0. The number of ether oxygens (including phenoxy) is 2. The molecule has 6 nitrogen and oxygen atoms in total. The van der Waals surface area contributed by atoms with E-state index in [1.54, 1.807) is 0 Å². The number of piperidine rings is 1. The number of guanidine groups is 1. The highest BCUT2D eigenvalue weighted by atomic mass is 127. The minimum atomic E-state index is 0. The number of hydrogen-bond donors (Lipinski definition) is 2. The number of benzene rings is 1. The maximum Gasteiger partial charge on any atom is 0.190 e. The first-order chi connectivity index (χ1) is 14.2. The van der Waals surface area contributed by atoms with E-state index in [-0.39, 0.29) is 24.0 Å². The second kappa shape index (κ2) is 15.6. The molecule has 1 aliphatic rings. The lowest BCUT2D eigenvalue weighted by atomic mass is 9.97. The monoisotopic (exact) mass is 532 g/mol. The molecule has 0 spiro atoms. The molecule has 30 heavy (non-hydrogen) atoms. The van der Waals surface area contributed by atoms with Crippen molar-refractivity contribution in [3.05, 3.63) is 23.8 Å². The first kappa shape index (κ1) is 26.8. The van der Waals surface area contributed by atoms with Gasteiger partial charge in [-0.15, -0.1) is 24.0 Å². The van der Waals surface area contributed by atoms with Gasteiger partial charge < -0.3 is 25.0 Å².